The molecule has 105 valence electrons. The Morgan fingerprint density at radius 2 is 0.944 bits per heavy atom. The van der Waals surface area contributed by atoms with Crippen LogP contribution < -0.4 is 0 Å². The predicted molar refractivity (Wildman–Crippen MR) is 87.8 cm³/mol. The van der Waals surface area contributed by atoms with Gasteiger partial charge in [-0.15, -0.1) is 0 Å². The second kappa shape index (κ2) is 5.07. The molecule has 0 saturated carbocycles. The van der Waals surface area contributed by atoms with Crippen molar-refractivity contribution in [3.8, 4) is 0 Å². The maximum atomic E-state index is 2.42. The standard InChI is InChI=1S/C8H16B.C8H16S/c2*1-7(2)5-9-6-8(7,3)4/h2*5-6H2,1-4H3. The molecule has 2 saturated heterocycles. The zero-order valence-corrected chi connectivity index (χ0v) is 14.6. The summed E-state index contributed by atoms with van der Waals surface area (Å²) in [6.07, 6.45) is 2.58. The first-order chi connectivity index (χ1) is 7.91. The molecule has 0 N–H and O–H groups in total. The lowest BCUT2D eigenvalue weighted by Gasteiger charge is -2.35. The van der Waals surface area contributed by atoms with Crippen molar-refractivity contribution in [1.29, 1.82) is 0 Å². The van der Waals surface area contributed by atoms with E-state index in [1.165, 1.54) is 24.1 Å². The third kappa shape index (κ3) is 3.29. The third-order valence-corrected chi connectivity index (χ3v) is 7.75. The van der Waals surface area contributed by atoms with Crippen LogP contribution in [-0.2, 0) is 0 Å². The molecule has 2 aliphatic heterocycles. The van der Waals surface area contributed by atoms with Crippen molar-refractivity contribution in [2.45, 2.75) is 68.0 Å². The summed E-state index contributed by atoms with van der Waals surface area (Å²) >= 11 is 2.09. The van der Waals surface area contributed by atoms with Crippen LogP contribution in [0.15, 0.2) is 0 Å². The zero-order valence-electron chi connectivity index (χ0n) is 13.8. The second-order valence-corrected chi connectivity index (χ2v) is 9.71. The Balaban J connectivity index is 0.000000180. The number of hydrogen-bond acceptors (Lipinski definition) is 1. The van der Waals surface area contributed by atoms with Gasteiger partial charge in [0.15, 0.2) is 0 Å². The van der Waals surface area contributed by atoms with E-state index in [-0.39, 0.29) is 0 Å². The molecule has 2 heteroatoms. The van der Waals surface area contributed by atoms with Gasteiger partial charge in [0, 0.05) is 0 Å². The summed E-state index contributed by atoms with van der Waals surface area (Å²) in [5.74, 6) is 2.67. The van der Waals surface area contributed by atoms with Crippen LogP contribution in [-0.4, -0.2) is 18.8 Å². The molecule has 0 aromatic heterocycles. The van der Waals surface area contributed by atoms with E-state index in [0.29, 0.717) is 21.7 Å². The molecular weight excluding hydrogens is 235 g/mol. The van der Waals surface area contributed by atoms with Crippen molar-refractivity contribution >= 4 is 19.0 Å². The van der Waals surface area contributed by atoms with Gasteiger partial charge in [-0.1, -0.05) is 68.0 Å². The van der Waals surface area contributed by atoms with Crippen LogP contribution in [0.3, 0.4) is 0 Å². The molecule has 2 rings (SSSR count). The van der Waals surface area contributed by atoms with E-state index in [1.807, 2.05) is 0 Å². The molecule has 0 aliphatic carbocycles. The van der Waals surface area contributed by atoms with E-state index in [1.54, 1.807) is 0 Å². The second-order valence-electron chi connectivity index (χ2n) is 8.73. The van der Waals surface area contributed by atoms with Gasteiger partial charge in [-0.25, -0.2) is 0 Å². The van der Waals surface area contributed by atoms with Crippen LogP contribution in [0.5, 0.6) is 0 Å². The van der Waals surface area contributed by atoms with Crippen molar-refractivity contribution in [1.82, 2.24) is 0 Å². The maximum absolute atomic E-state index is 2.42. The van der Waals surface area contributed by atoms with Crippen molar-refractivity contribution in [2.75, 3.05) is 11.5 Å². The molecule has 0 nitrogen and oxygen atoms in total. The molecule has 2 heterocycles. The van der Waals surface area contributed by atoms with Crippen LogP contribution in [0.4, 0.5) is 0 Å². The largest absolute Gasteiger partial charge is 0.161 e. The average molecular weight is 267 g/mol. The monoisotopic (exact) mass is 267 g/mol. The molecule has 0 amide bonds. The summed E-state index contributed by atoms with van der Waals surface area (Å²) in [5, 5.41) is 0. The summed E-state index contributed by atoms with van der Waals surface area (Å²) in [4.78, 5) is 0. The first kappa shape index (κ1) is 16.5. The van der Waals surface area contributed by atoms with Gasteiger partial charge in [0.1, 0.15) is 7.28 Å². The van der Waals surface area contributed by atoms with Crippen LogP contribution in [0.2, 0.25) is 12.6 Å². The van der Waals surface area contributed by atoms with E-state index in [9.17, 15) is 0 Å². The molecule has 0 aromatic carbocycles. The molecule has 0 aromatic rings. The fraction of sp³-hybridized carbons (Fsp3) is 1.00. The van der Waals surface area contributed by atoms with Gasteiger partial charge < -0.3 is 0 Å². The first-order valence-electron chi connectivity index (χ1n) is 7.31. The quantitative estimate of drug-likeness (QED) is 0.531. The molecule has 0 unspecified atom stereocenters. The Morgan fingerprint density at radius 3 is 1.06 bits per heavy atom. The van der Waals surface area contributed by atoms with E-state index in [2.05, 4.69) is 74.4 Å². The zero-order chi connectivity index (χ0) is 14.2. The van der Waals surface area contributed by atoms with Gasteiger partial charge in [0.25, 0.3) is 0 Å². The fourth-order valence-corrected chi connectivity index (χ4v) is 4.20. The molecule has 0 atom stereocenters. The number of hydrogen-bond donors (Lipinski definition) is 0. The van der Waals surface area contributed by atoms with Gasteiger partial charge in [-0.3, -0.25) is 0 Å². The smallest absolute Gasteiger partial charge is 0.110 e. The Kier molecular flexibility index (Phi) is 4.64. The van der Waals surface area contributed by atoms with E-state index < -0.39 is 0 Å². The molecule has 1 radical (unpaired) electrons. The lowest BCUT2D eigenvalue weighted by Crippen LogP contribution is -2.30. The van der Waals surface area contributed by atoms with Gasteiger partial charge in [-0.05, 0) is 33.2 Å². The third-order valence-electron chi connectivity index (χ3n) is 5.90. The summed E-state index contributed by atoms with van der Waals surface area (Å²) in [6, 6.07) is 0. The van der Waals surface area contributed by atoms with E-state index in [0.717, 1.165) is 0 Å². The Hall–Kier alpha value is 0.415. The Labute approximate surface area is 120 Å². The maximum Gasteiger partial charge on any atom is 0.110 e. The summed E-state index contributed by atoms with van der Waals surface area (Å²) in [7, 11) is 2.42. The first-order valence-corrected chi connectivity index (χ1v) is 8.46. The normalized spacial score (nSPS) is 30.2. The van der Waals surface area contributed by atoms with E-state index >= 15 is 0 Å². The van der Waals surface area contributed by atoms with Crippen molar-refractivity contribution in [2.24, 2.45) is 21.7 Å². The summed E-state index contributed by atoms with van der Waals surface area (Å²) < 4.78 is 0. The molecule has 2 aliphatic rings. The van der Waals surface area contributed by atoms with Crippen LogP contribution >= 0.6 is 11.8 Å². The highest BCUT2D eigenvalue weighted by Gasteiger charge is 2.42. The van der Waals surface area contributed by atoms with Crippen LogP contribution in [0, 0.1) is 21.7 Å². The highest BCUT2D eigenvalue weighted by atomic mass is 32.2. The van der Waals surface area contributed by atoms with Crippen LogP contribution in [0.1, 0.15) is 55.4 Å². The molecule has 0 bridgehead atoms. The van der Waals surface area contributed by atoms with Crippen LogP contribution in [0.25, 0.3) is 0 Å². The van der Waals surface area contributed by atoms with Gasteiger partial charge >= 0.3 is 0 Å². The molecular formula is C16H32BS. The fourth-order valence-electron chi connectivity index (χ4n) is 2.30. The van der Waals surface area contributed by atoms with Crippen molar-refractivity contribution in [3.05, 3.63) is 0 Å². The highest BCUT2D eigenvalue weighted by molar-refractivity contribution is 7.99. The van der Waals surface area contributed by atoms with Gasteiger partial charge in [-0.2, -0.15) is 11.8 Å². The molecule has 2 fully saturated rings. The van der Waals surface area contributed by atoms with Crippen molar-refractivity contribution < 1.29 is 0 Å². The predicted octanol–water partition coefficient (Wildman–Crippen LogP) is 5.38. The Bertz CT molecular complexity index is 231. The minimum absolute atomic E-state index is 0.535. The topological polar surface area (TPSA) is 0 Å². The minimum atomic E-state index is 0.535. The number of thioether (sulfide) groups is 1. The average Bonchev–Trinajstić information content (AvgIpc) is 2.51. The lowest BCUT2D eigenvalue weighted by molar-refractivity contribution is 0.177. The summed E-state index contributed by atoms with van der Waals surface area (Å²) in [5.41, 5.74) is 2.18. The van der Waals surface area contributed by atoms with Gasteiger partial charge in [0.2, 0.25) is 0 Å². The molecule has 18 heavy (non-hydrogen) atoms. The summed E-state index contributed by atoms with van der Waals surface area (Å²) in [6.45, 7) is 18.9. The minimum Gasteiger partial charge on any atom is -0.161 e. The lowest BCUT2D eigenvalue weighted by atomic mass is 9.71. The van der Waals surface area contributed by atoms with Crippen molar-refractivity contribution in [3.63, 3.8) is 0 Å². The number of rotatable bonds is 0. The SMILES string of the molecule is CC1(C)CSCC1(C)C.CC1(C)C[B]CC1(C)C. The van der Waals surface area contributed by atoms with Gasteiger partial charge in [0.05, 0.1) is 0 Å². The highest BCUT2D eigenvalue weighted by Crippen LogP contribution is 2.50. The molecule has 0 spiro atoms. The van der Waals surface area contributed by atoms with E-state index in [4.69, 9.17) is 0 Å². The Morgan fingerprint density at radius 1 is 0.611 bits per heavy atom.